The highest BCUT2D eigenvalue weighted by molar-refractivity contribution is 7.92. The molecule has 1 atom stereocenters. The van der Waals surface area contributed by atoms with Crippen molar-refractivity contribution in [3.8, 4) is 0 Å². The molecule has 0 bridgehead atoms. The molecule has 1 aliphatic rings. The Morgan fingerprint density at radius 3 is 2.71 bits per heavy atom. The van der Waals surface area contributed by atoms with Gasteiger partial charge in [-0.15, -0.1) is 0 Å². The van der Waals surface area contributed by atoms with Gasteiger partial charge < -0.3 is 5.32 Å². The van der Waals surface area contributed by atoms with Gasteiger partial charge in [0, 0.05) is 17.3 Å². The topological polar surface area (TPSA) is 79.4 Å². The van der Waals surface area contributed by atoms with E-state index in [0.29, 0.717) is 23.5 Å². The first kappa shape index (κ1) is 16.4. The minimum absolute atomic E-state index is 0.147. The van der Waals surface area contributed by atoms with Crippen molar-refractivity contribution in [3.63, 3.8) is 0 Å². The number of aryl methyl sites for hydroxylation is 1. The molecule has 0 saturated heterocycles. The number of fused-ring (bicyclic) bond motifs is 1. The molecule has 0 aliphatic carbocycles. The second-order valence-corrected chi connectivity index (χ2v) is 7.93. The summed E-state index contributed by atoms with van der Waals surface area (Å²) in [7, 11) is -3.33. The summed E-state index contributed by atoms with van der Waals surface area (Å²) >= 11 is 0. The number of aromatic nitrogens is 1. The zero-order valence-electron chi connectivity index (χ0n) is 13.8. The number of carbonyl (C=O) groups is 1. The Morgan fingerprint density at radius 2 is 2.04 bits per heavy atom. The van der Waals surface area contributed by atoms with Crippen LogP contribution in [-0.4, -0.2) is 31.6 Å². The van der Waals surface area contributed by atoms with Crippen molar-refractivity contribution in [3.05, 3.63) is 53.2 Å². The maximum atomic E-state index is 12.4. The molecule has 1 amide bonds. The van der Waals surface area contributed by atoms with Gasteiger partial charge in [-0.05, 0) is 56.2 Å². The molecule has 2 heterocycles. The largest absolute Gasteiger partial charge is 0.307 e. The lowest BCUT2D eigenvalue weighted by molar-refractivity contribution is 0.102. The van der Waals surface area contributed by atoms with Gasteiger partial charge in [-0.3, -0.25) is 9.10 Å². The molecule has 1 aromatic carbocycles. The van der Waals surface area contributed by atoms with Crippen molar-refractivity contribution < 1.29 is 13.2 Å². The summed E-state index contributed by atoms with van der Waals surface area (Å²) in [5.41, 5.74) is 2.81. The van der Waals surface area contributed by atoms with Crippen molar-refractivity contribution in [2.24, 2.45) is 0 Å². The maximum absolute atomic E-state index is 12.4. The Morgan fingerprint density at radius 1 is 1.29 bits per heavy atom. The van der Waals surface area contributed by atoms with Crippen LogP contribution in [0.15, 0.2) is 36.4 Å². The zero-order valence-corrected chi connectivity index (χ0v) is 14.6. The van der Waals surface area contributed by atoms with Crippen LogP contribution in [0.5, 0.6) is 0 Å². The summed E-state index contributed by atoms with van der Waals surface area (Å²) in [4.78, 5) is 16.7. The van der Waals surface area contributed by atoms with E-state index in [-0.39, 0.29) is 11.9 Å². The highest BCUT2D eigenvalue weighted by Gasteiger charge is 2.32. The summed E-state index contributed by atoms with van der Waals surface area (Å²) in [6, 6.07) is 10.3. The predicted octanol–water partition coefficient (Wildman–Crippen LogP) is 2.35. The molecule has 6 nitrogen and oxygen atoms in total. The molecule has 1 unspecified atom stereocenters. The van der Waals surface area contributed by atoms with Crippen LogP contribution >= 0.6 is 0 Å². The summed E-state index contributed by atoms with van der Waals surface area (Å²) in [5, 5.41) is 2.76. The van der Waals surface area contributed by atoms with Gasteiger partial charge in [0.2, 0.25) is 10.0 Å². The smallest absolute Gasteiger partial charge is 0.256 e. The van der Waals surface area contributed by atoms with Crippen LogP contribution in [0.25, 0.3) is 0 Å². The Balaban J connectivity index is 1.87. The molecule has 7 heteroatoms. The molecule has 1 aliphatic heterocycles. The van der Waals surface area contributed by atoms with E-state index in [2.05, 4.69) is 10.3 Å². The summed E-state index contributed by atoms with van der Waals surface area (Å²) in [5.74, 6) is 0.230. The van der Waals surface area contributed by atoms with Crippen LogP contribution < -0.4 is 9.62 Å². The molecule has 0 fully saturated rings. The minimum Gasteiger partial charge on any atom is -0.307 e. The third kappa shape index (κ3) is 3.12. The van der Waals surface area contributed by atoms with Crippen molar-refractivity contribution in [2.45, 2.75) is 26.3 Å². The standard InChI is InChI=1S/C17H19N3O3S/c1-11-5-4-6-16(18-11)19-17(21)13-7-8-15-14(10-13)9-12(2)20(15)24(3,22)23/h4-8,10,12H,9H2,1-3H3,(H,18,19,21). The number of rotatable bonds is 3. The first-order valence-corrected chi connectivity index (χ1v) is 9.48. The van der Waals surface area contributed by atoms with E-state index in [1.165, 1.54) is 10.6 Å². The fourth-order valence-electron chi connectivity index (χ4n) is 3.05. The Hall–Kier alpha value is -2.41. The molecule has 24 heavy (non-hydrogen) atoms. The molecule has 1 N–H and O–H groups in total. The number of benzene rings is 1. The lowest BCUT2D eigenvalue weighted by atomic mass is 10.1. The fourth-order valence-corrected chi connectivity index (χ4v) is 4.31. The highest BCUT2D eigenvalue weighted by Crippen LogP contribution is 2.34. The normalized spacial score (nSPS) is 16.8. The maximum Gasteiger partial charge on any atom is 0.256 e. The van der Waals surface area contributed by atoms with E-state index in [1.54, 1.807) is 24.3 Å². The van der Waals surface area contributed by atoms with Crippen molar-refractivity contribution in [1.29, 1.82) is 0 Å². The van der Waals surface area contributed by atoms with Crippen LogP contribution in [0.4, 0.5) is 11.5 Å². The Labute approximate surface area is 141 Å². The van der Waals surface area contributed by atoms with Gasteiger partial charge in [0.1, 0.15) is 5.82 Å². The van der Waals surface area contributed by atoms with Gasteiger partial charge in [-0.1, -0.05) is 6.07 Å². The van der Waals surface area contributed by atoms with Gasteiger partial charge in [0.25, 0.3) is 5.91 Å². The van der Waals surface area contributed by atoms with Gasteiger partial charge >= 0.3 is 0 Å². The number of carbonyl (C=O) groups excluding carboxylic acids is 1. The van der Waals surface area contributed by atoms with Crippen LogP contribution in [0.1, 0.15) is 28.5 Å². The fraction of sp³-hybridized carbons (Fsp3) is 0.294. The average Bonchev–Trinajstić information content (AvgIpc) is 2.81. The van der Waals surface area contributed by atoms with Crippen LogP contribution in [-0.2, 0) is 16.4 Å². The number of anilines is 2. The van der Waals surface area contributed by atoms with E-state index in [9.17, 15) is 13.2 Å². The van der Waals surface area contributed by atoms with Gasteiger partial charge in [-0.2, -0.15) is 0 Å². The third-order valence-corrected chi connectivity index (χ3v) is 5.25. The average molecular weight is 345 g/mol. The molecule has 0 saturated carbocycles. The molecule has 1 aromatic heterocycles. The summed E-state index contributed by atoms with van der Waals surface area (Å²) in [6.07, 6.45) is 1.79. The van der Waals surface area contributed by atoms with Gasteiger partial charge in [0.15, 0.2) is 0 Å². The molecule has 126 valence electrons. The number of nitrogens with one attached hydrogen (secondary N) is 1. The number of amides is 1. The highest BCUT2D eigenvalue weighted by atomic mass is 32.2. The van der Waals surface area contributed by atoms with Crippen molar-refractivity contribution in [1.82, 2.24) is 4.98 Å². The van der Waals surface area contributed by atoms with E-state index in [4.69, 9.17) is 0 Å². The molecule has 0 radical (unpaired) electrons. The Bertz CT molecular complexity index is 909. The van der Waals surface area contributed by atoms with Crippen LogP contribution in [0, 0.1) is 6.92 Å². The minimum atomic E-state index is -3.33. The first-order chi connectivity index (χ1) is 11.3. The molecule has 2 aromatic rings. The summed E-state index contributed by atoms with van der Waals surface area (Å²) < 4.78 is 25.3. The Kier molecular flexibility index (Phi) is 4.04. The second kappa shape index (κ2) is 5.90. The SMILES string of the molecule is Cc1cccc(NC(=O)c2ccc3c(c2)CC(C)N3S(C)(=O)=O)n1. The second-order valence-electron chi connectivity index (χ2n) is 6.07. The first-order valence-electron chi connectivity index (χ1n) is 7.63. The summed E-state index contributed by atoms with van der Waals surface area (Å²) in [6.45, 7) is 3.71. The van der Waals surface area contributed by atoms with Crippen LogP contribution in [0.3, 0.4) is 0 Å². The number of sulfonamides is 1. The van der Waals surface area contributed by atoms with Gasteiger partial charge in [0.05, 0.1) is 11.9 Å². The monoisotopic (exact) mass is 345 g/mol. The van der Waals surface area contributed by atoms with E-state index >= 15 is 0 Å². The lowest BCUT2D eigenvalue weighted by Crippen LogP contribution is -2.34. The number of nitrogens with zero attached hydrogens (tertiary/aromatic N) is 2. The number of hydrogen-bond acceptors (Lipinski definition) is 4. The van der Waals surface area contributed by atoms with Crippen molar-refractivity contribution >= 4 is 27.4 Å². The predicted molar refractivity (Wildman–Crippen MR) is 93.9 cm³/mol. The molecular formula is C17H19N3O3S. The van der Waals surface area contributed by atoms with Crippen molar-refractivity contribution in [2.75, 3.05) is 15.9 Å². The van der Waals surface area contributed by atoms with E-state index in [1.807, 2.05) is 26.0 Å². The number of pyridine rings is 1. The molecule has 3 rings (SSSR count). The van der Waals surface area contributed by atoms with Crippen LogP contribution in [0.2, 0.25) is 0 Å². The van der Waals surface area contributed by atoms with E-state index < -0.39 is 10.0 Å². The third-order valence-electron chi connectivity index (χ3n) is 3.98. The lowest BCUT2D eigenvalue weighted by Gasteiger charge is -2.21. The van der Waals surface area contributed by atoms with E-state index in [0.717, 1.165) is 11.3 Å². The number of hydrogen-bond donors (Lipinski definition) is 1. The van der Waals surface area contributed by atoms with Gasteiger partial charge in [-0.25, -0.2) is 13.4 Å². The zero-order chi connectivity index (χ0) is 17.5. The molecule has 0 spiro atoms. The molecular weight excluding hydrogens is 326 g/mol. The quantitative estimate of drug-likeness (QED) is 0.926.